The molecule has 14 heterocycles. The molecular weight excluding hydrogens is 2080 g/mol. The summed E-state index contributed by atoms with van der Waals surface area (Å²) in [5.74, 6) is -2.27. The van der Waals surface area contributed by atoms with Gasteiger partial charge in [-0.1, -0.05) is 54.6 Å². The van der Waals surface area contributed by atoms with Crippen LogP contribution >= 0.6 is 11.3 Å². The Balaban J connectivity index is 0.000000134. The maximum absolute atomic E-state index is 13.5. The SMILES string of the molecule is CN(C)c1ccc(Cc2c(O)c(C3=NS(=O)(=O)c4cc(NS(C)(=O)=O)ccc4N3)c(=O)n3ccccc23)cc1.COc1ccc(Cc2c(O)c(C3=NS(=O)(=O)c4cc(NS(C)(=O)=O)ccc4N3)c(=O)n3ccccc23)cc1.CS(=O)(=O)Nc1ccc2c(c1)S(=O)(=O)N=C(c1c(O)c(Cc3cccs3)c3ccccn3c1=O)N2.CS(=O)(=O)Nc1ccc2c(c1)S(=O)(=O)N=C(c1c(O)c(Cc3ccoc3)c3ccccn3c1=O)N2. The van der Waals surface area contributed by atoms with Crippen molar-refractivity contribution in [2.24, 2.45) is 17.6 Å². The van der Waals surface area contributed by atoms with Crippen LogP contribution < -0.4 is 72.0 Å². The Kier molecular flexibility index (Phi) is 27.2. The summed E-state index contributed by atoms with van der Waals surface area (Å²) in [5.41, 5.74) is 3.50. The number of ether oxygens (including phenoxy) is 1. The van der Waals surface area contributed by atoms with E-state index in [0.717, 1.165) is 76.5 Å². The van der Waals surface area contributed by atoms with Crippen molar-refractivity contribution in [3.05, 3.63) is 363 Å². The molecule has 20 rings (SSSR count). The second kappa shape index (κ2) is 39.2. The van der Waals surface area contributed by atoms with Crippen molar-refractivity contribution < 1.29 is 96.9 Å². The molecule has 0 atom stereocenters. The van der Waals surface area contributed by atoms with Gasteiger partial charge < -0.3 is 55.7 Å². The van der Waals surface area contributed by atoms with Gasteiger partial charge in [-0.25, -0.2) is 33.7 Å². The lowest BCUT2D eigenvalue weighted by Crippen LogP contribution is -2.31. The Labute approximate surface area is 841 Å². The highest BCUT2D eigenvalue weighted by Gasteiger charge is 2.38. The Bertz CT molecular complexity index is 9340. The van der Waals surface area contributed by atoms with Crippen LogP contribution in [0.1, 0.15) is 66.1 Å². The number of anilines is 9. The molecule has 4 aliphatic heterocycles. The molecule has 0 saturated carbocycles. The Hall–Kier alpha value is -16.5. The van der Waals surface area contributed by atoms with Gasteiger partial charge in [-0.3, -0.25) is 55.7 Å². The van der Waals surface area contributed by atoms with E-state index in [1.54, 1.807) is 98.1 Å². The number of hydrogen-bond donors (Lipinski definition) is 12. The molecule has 52 heteroatoms. The minimum Gasteiger partial charge on any atom is -0.507 e. The van der Waals surface area contributed by atoms with Crippen LogP contribution in [0.2, 0.25) is 0 Å². The Morgan fingerprint density at radius 2 is 0.653 bits per heavy atom. The topological polar surface area (TPSA) is 611 Å². The summed E-state index contributed by atoms with van der Waals surface area (Å²) in [6.07, 6.45) is 13.9. The molecule has 758 valence electrons. The van der Waals surface area contributed by atoms with Crippen LogP contribution in [0.4, 0.5) is 51.2 Å². The van der Waals surface area contributed by atoms with E-state index in [2.05, 4.69) is 57.7 Å². The van der Waals surface area contributed by atoms with Crippen LogP contribution in [0, 0.1) is 0 Å². The van der Waals surface area contributed by atoms with Gasteiger partial charge in [0.2, 0.25) is 40.1 Å². The van der Waals surface area contributed by atoms with Gasteiger partial charge in [0, 0.05) is 120 Å². The molecule has 0 bridgehead atoms. The van der Waals surface area contributed by atoms with Crippen LogP contribution in [-0.4, -0.2) is 175 Å². The number of furan rings is 1. The van der Waals surface area contributed by atoms with Crippen molar-refractivity contribution in [3.8, 4) is 28.7 Å². The minimum absolute atomic E-state index is 0.0330. The molecule has 0 saturated heterocycles. The summed E-state index contributed by atoms with van der Waals surface area (Å²) in [7, 11) is -26.6. The molecule has 147 heavy (non-hydrogen) atoms. The number of hydrogen-bond acceptors (Lipinski definition) is 32. The standard InChI is InChI=1S/C26H25N5O6S2.C25H22N4O7S2.C22H18N4O7S2.C22H18N4O6S3/c1-30(2)18-10-7-16(8-11-18)14-19-21-6-4-5-13-31(21)26(33)23(24(19)32)25-27-20-12-9-17(28-38(3,34)35)15-22(20)39(36,37)29-25;1-36-17-9-6-15(7-10-17)13-18-20-5-3-4-12-29(20)25(31)22(23(18)30)24-26-19-11-8-16(27-37(2,32)33)14-21(19)38(34,35)28-24;1-34(29,30)24-14-5-6-16-18(11-14)35(31,32)25-21(23-16)19-20(27)15(10-13-7-9-33-12-13)17-4-2-3-8-26(17)22(19)28;1-34(29,30)24-13-7-8-16-18(11-13)35(31,32)25-21(23-16)19-20(27)15(12-14-5-4-10-33-14)17-6-2-3-9-26(17)22(19)28/h4-13,15,28,32H,14H2,1-3H3,(H,27,29);3-12,14,27,30H,13H2,1-2H3,(H,26,28);2-9,11-12,24,27H,10H2,1H3,(H,23,25);2-11,24,27H,12H2,1H3,(H,23,25). The molecule has 12 N–H and O–H groups in total. The van der Waals surface area contributed by atoms with Gasteiger partial charge in [-0.05, 0) is 180 Å². The van der Waals surface area contributed by atoms with Crippen molar-refractivity contribution in [1.82, 2.24) is 17.6 Å². The number of fused-ring (bicyclic) bond motifs is 8. The molecule has 43 nitrogen and oxygen atoms in total. The smallest absolute Gasteiger partial charge is 0.286 e. The van der Waals surface area contributed by atoms with E-state index < -0.39 is 114 Å². The van der Waals surface area contributed by atoms with E-state index in [0.29, 0.717) is 56.5 Å². The third kappa shape index (κ3) is 21.7. The summed E-state index contributed by atoms with van der Waals surface area (Å²) >= 11 is 1.49. The normalized spacial score (nSPS) is 14.5. The number of aromatic hydroxyl groups is 4. The minimum atomic E-state index is -4.37. The fourth-order valence-electron chi connectivity index (χ4n) is 16.4. The molecule has 0 aliphatic carbocycles. The predicted octanol–water partition coefficient (Wildman–Crippen LogP) is 9.84. The largest absolute Gasteiger partial charge is 0.507 e. The number of sulfonamides is 8. The molecular formula is C95H83N17O26S9. The zero-order valence-corrected chi connectivity index (χ0v) is 84.9. The zero-order valence-electron chi connectivity index (χ0n) is 77.5. The van der Waals surface area contributed by atoms with E-state index in [9.17, 15) is 107 Å². The van der Waals surface area contributed by atoms with Gasteiger partial charge in [-0.15, -0.1) is 28.9 Å². The number of nitrogens with one attached hydrogen (secondary N) is 8. The molecule has 10 aromatic heterocycles. The summed E-state index contributed by atoms with van der Waals surface area (Å²) in [5, 5.41) is 58.3. The van der Waals surface area contributed by atoms with Crippen LogP contribution in [0.15, 0.2) is 316 Å². The average Bonchev–Trinajstić information content (AvgIpc) is 1.32. The van der Waals surface area contributed by atoms with Crippen molar-refractivity contribution in [2.75, 3.05) is 91.3 Å². The highest BCUT2D eigenvalue weighted by atomic mass is 32.2. The van der Waals surface area contributed by atoms with Crippen molar-refractivity contribution in [2.45, 2.75) is 45.3 Å². The van der Waals surface area contributed by atoms with E-state index in [4.69, 9.17) is 9.15 Å². The molecule has 4 aliphatic rings. The molecule has 16 aromatic rings. The maximum atomic E-state index is 13.5. The lowest BCUT2D eigenvalue weighted by Gasteiger charge is -2.21. The average molecular weight is 2170 g/mol. The van der Waals surface area contributed by atoms with Crippen LogP contribution in [0.5, 0.6) is 28.7 Å². The second-order valence-electron chi connectivity index (χ2n) is 33.7. The van der Waals surface area contributed by atoms with E-state index >= 15 is 0 Å². The molecule has 6 aromatic carbocycles. The fourth-order valence-corrected chi connectivity index (χ4v) is 23.9. The van der Waals surface area contributed by atoms with E-state index in [-0.39, 0.29) is 141 Å². The first kappa shape index (κ1) is 102. The van der Waals surface area contributed by atoms with Crippen LogP contribution in [0.25, 0.3) is 22.1 Å². The summed E-state index contributed by atoms with van der Waals surface area (Å²) in [6, 6.07) is 56.0. The number of benzene rings is 6. The predicted molar refractivity (Wildman–Crippen MR) is 558 cm³/mol. The lowest BCUT2D eigenvalue weighted by atomic mass is 10.00. The lowest BCUT2D eigenvalue weighted by molar-refractivity contribution is 0.414. The summed E-state index contributed by atoms with van der Waals surface area (Å²) < 4.78 is 236. The second-order valence-corrected chi connectivity index (χ2v) is 48.0. The van der Waals surface area contributed by atoms with Gasteiger partial charge in [-0.2, -0.15) is 33.7 Å². The number of amidine groups is 4. The summed E-state index contributed by atoms with van der Waals surface area (Å²) in [6.45, 7) is 0. The fraction of sp³-hybridized carbons (Fsp3) is 0.116. The number of pyridine rings is 8. The first-order valence-corrected chi connectivity index (χ1v) is 57.4. The van der Waals surface area contributed by atoms with Gasteiger partial charge in [0.1, 0.15) is 70.6 Å². The first-order valence-electron chi connectivity index (χ1n) is 43.2. The van der Waals surface area contributed by atoms with Crippen molar-refractivity contribution in [1.29, 1.82) is 0 Å². The van der Waals surface area contributed by atoms with Gasteiger partial charge >= 0.3 is 0 Å². The highest BCUT2D eigenvalue weighted by Crippen LogP contribution is 2.42. The molecule has 0 fully saturated rings. The molecule has 0 amide bonds. The van der Waals surface area contributed by atoms with Crippen LogP contribution in [-0.2, 0) is 106 Å². The molecule has 0 radical (unpaired) electrons. The number of rotatable bonds is 22. The quantitative estimate of drug-likeness (QED) is 0.0300. The third-order valence-electron chi connectivity index (χ3n) is 22.8. The van der Waals surface area contributed by atoms with Gasteiger partial charge in [0.25, 0.3) is 62.3 Å². The van der Waals surface area contributed by atoms with Crippen molar-refractivity contribution in [3.63, 3.8) is 0 Å². The monoisotopic (exact) mass is 2170 g/mol. The number of nitrogens with zero attached hydrogens (tertiary/aromatic N) is 9. The Morgan fingerprint density at radius 3 is 0.912 bits per heavy atom. The molecule has 0 unspecified atom stereocenters. The van der Waals surface area contributed by atoms with Gasteiger partial charge in [0.15, 0.2) is 23.3 Å². The molecule has 0 spiro atoms. The third-order valence-corrected chi connectivity index (χ3v) is 31.4. The summed E-state index contributed by atoms with van der Waals surface area (Å²) in [4.78, 5) is 55.4. The highest BCUT2D eigenvalue weighted by molar-refractivity contribution is 7.93. The number of methoxy groups -OCH3 is 1. The van der Waals surface area contributed by atoms with Crippen LogP contribution in [0.3, 0.4) is 0 Å². The zero-order chi connectivity index (χ0) is 105. The number of thiophene rings is 1. The Morgan fingerprint density at radius 1 is 0.367 bits per heavy atom. The van der Waals surface area contributed by atoms with Crippen molar-refractivity contribution >= 4 is 188 Å². The number of aromatic nitrogens is 4. The maximum Gasteiger partial charge on any atom is 0.286 e. The first-order chi connectivity index (χ1) is 69.4. The van der Waals surface area contributed by atoms with Gasteiger partial charge in [0.05, 0.1) is 89.5 Å². The van der Waals surface area contributed by atoms with E-state index in [1.807, 2.05) is 72.9 Å². The van der Waals surface area contributed by atoms with E-state index in [1.165, 1.54) is 115 Å².